The molecule has 112 valence electrons. The van der Waals surface area contributed by atoms with Gasteiger partial charge in [-0.25, -0.2) is 4.79 Å². The highest BCUT2D eigenvalue weighted by Gasteiger charge is 2.53. The van der Waals surface area contributed by atoms with Crippen molar-refractivity contribution in [2.45, 2.75) is 44.1 Å². The zero-order chi connectivity index (χ0) is 14.0. The summed E-state index contributed by atoms with van der Waals surface area (Å²) in [4.78, 5) is 11.5. The van der Waals surface area contributed by atoms with Crippen LogP contribution in [0.5, 0.6) is 0 Å². The summed E-state index contributed by atoms with van der Waals surface area (Å²) in [7, 11) is -3.76. The summed E-state index contributed by atoms with van der Waals surface area (Å²) in [5.74, 6) is 1.98. The molecule has 4 saturated carbocycles. The van der Waals surface area contributed by atoms with Gasteiger partial charge in [-0.2, -0.15) is 17.4 Å². The van der Waals surface area contributed by atoms with Gasteiger partial charge < -0.3 is 4.74 Å². The zero-order valence-corrected chi connectivity index (χ0v) is 12.2. The third kappa shape index (κ3) is 1.94. The van der Waals surface area contributed by atoms with Crippen molar-refractivity contribution in [3.63, 3.8) is 0 Å². The van der Waals surface area contributed by atoms with E-state index in [1.807, 2.05) is 0 Å². The van der Waals surface area contributed by atoms with Crippen molar-refractivity contribution < 1.29 is 17.9 Å². The van der Waals surface area contributed by atoms with Crippen molar-refractivity contribution in [2.75, 3.05) is 13.2 Å². The molecule has 1 heterocycles. The average molecular weight is 300 g/mol. The van der Waals surface area contributed by atoms with Gasteiger partial charge in [-0.1, -0.05) is 0 Å². The van der Waals surface area contributed by atoms with E-state index >= 15 is 0 Å². The number of nitrogens with zero attached hydrogens (tertiary/aromatic N) is 1. The Morgan fingerprint density at radius 1 is 1.10 bits per heavy atom. The first-order valence-corrected chi connectivity index (χ1v) is 8.88. The van der Waals surface area contributed by atoms with E-state index in [0.29, 0.717) is 17.8 Å². The van der Waals surface area contributed by atoms with Crippen molar-refractivity contribution >= 4 is 16.3 Å². The maximum Gasteiger partial charge on any atom is 0.424 e. The van der Waals surface area contributed by atoms with Gasteiger partial charge in [0.25, 0.3) is 0 Å². The summed E-state index contributed by atoms with van der Waals surface area (Å²) in [5, 5.41) is 0. The highest BCUT2D eigenvalue weighted by atomic mass is 32.2. The number of rotatable bonds is 3. The molecule has 6 nitrogen and oxygen atoms in total. The van der Waals surface area contributed by atoms with Gasteiger partial charge in [0.15, 0.2) is 0 Å². The maximum absolute atomic E-state index is 12.4. The number of carbonyl (C=O) groups excluding carboxylic acids is 1. The lowest BCUT2D eigenvalue weighted by molar-refractivity contribution is -0.00862. The molecule has 1 aliphatic heterocycles. The second-order valence-corrected chi connectivity index (χ2v) is 8.59. The zero-order valence-electron chi connectivity index (χ0n) is 11.4. The van der Waals surface area contributed by atoms with Crippen LogP contribution in [0.2, 0.25) is 0 Å². The number of hydrogen-bond donors (Lipinski definition) is 1. The Hall–Kier alpha value is -0.820. The standard InChI is InChI=1S/C13H20N2O4S/c16-12-15(1-2-19-12)20(17,18)14-13-6-9-3-10(7-13)5-11(4-9)8-13/h9-11,14H,1-8H2. The lowest BCUT2D eigenvalue weighted by Gasteiger charge is -2.56. The van der Waals surface area contributed by atoms with Crippen LogP contribution in [-0.4, -0.2) is 37.5 Å². The van der Waals surface area contributed by atoms with Crippen molar-refractivity contribution in [3.8, 4) is 0 Å². The summed E-state index contributed by atoms with van der Waals surface area (Å²) in [6.45, 7) is 0.279. The first kappa shape index (κ1) is 12.9. The monoisotopic (exact) mass is 300 g/mol. The predicted octanol–water partition coefficient (Wildman–Crippen LogP) is 1.24. The van der Waals surface area contributed by atoms with Crippen molar-refractivity contribution in [3.05, 3.63) is 0 Å². The number of ether oxygens (including phenoxy) is 1. The van der Waals surface area contributed by atoms with Crippen LogP contribution in [0.1, 0.15) is 38.5 Å². The Morgan fingerprint density at radius 3 is 2.10 bits per heavy atom. The first-order valence-electron chi connectivity index (χ1n) is 7.44. The minimum Gasteiger partial charge on any atom is -0.447 e. The minimum atomic E-state index is -3.76. The fourth-order valence-electron chi connectivity index (χ4n) is 5.16. The van der Waals surface area contributed by atoms with Crippen molar-refractivity contribution in [1.29, 1.82) is 0 Å². The molecular formula is C13H20N2O4S. The smallest absolute Gasteiger partial charge is 0.424 e. The molecule has 7 heteroatoms. The van der Waals surface area contributed by atoms with Crippen LogP contribution in [0, 0.1) is 17.8 Å². The van der Waals surface area contributed by atoms with Crippen molar-refractivity contribution in [1.82, 2.24) is 9.03 Å². The quantitative estimate of drug-likeness (QED) is 0.851. The number of cyclic esters (lactones) is 1. The van der Waals surface area contributed by atoms with Crippen LogP contribution >= 0.6 is 0 Å². The third-order valence-electron chi connectivity index (χ3n) is 5.40. The Balaban J connectivity index is 1.58. The Labute approximate surface area is 119 Å². The van der Waals surface area contributed by atoms with Gasteiger partial charge in [-0.3, -0.25) is 0 Å². The Kier molecular flexibility index (Phi) is 2.64. The fraction of sp³-hybridized carbons (Fsp3) is 0.923. The van der Waals surface area contributed by atoms with Gasteiger partial charge in [0.1, 0.15) is 6.61 Å². The molecule has 0 radical (unpaired) electrons. The molecule has 20 heavy (non-hydrogen) atoms. The molecule has 4 aliphatic carbocycles. The molecule has 5 aliphatic rings. The SMILES string of the molecule is O=C1OCCN1S(=O)(=O)NC12CC3CC(CC(C3)C1)C2. The molecule has 0 atom stereocenters. The molecule has 1 amide bonds. The molecule has 4 bridgehead atoms. The summed E-state index contributed by atoms with van der Waals surface area (Å²) in [5.41, 5.74) is -0.309. The number of hydrogen-bond acceptors (Lipinski definition) is 4. The second-order valence-electron chi connectivity index (χ2n) is 6.99. The van der Waals surface area contributed by atoms with Crippen molar-refractivity contribution in [2.24, 2.45) is 17.8 Å². The number of nitrogens with one attached hydrogen (secondary N) is 1. The van der Waals surface area contributed by atoms with E-state index in [2.05, 4.69) is 4.72 Å². The lowest BCUT2D eigenvalue weighted by atomic mass is 9.53. The highest BCUT2D eigenvalue weighted by molar-refractivity contribution is 7.87. The number of amides is 1. The topological polar surface area (TPSA) is 75.7 Å². The summed E-state index contributed by atoms with van der Waals surface area (Å²) in [6.07, 6.45) is 5.82. The van der Waals surface area contributed by atoms with Crippen LogP contribution in [0.3, 0.4) is 0 Å². The molecule has 5 rings (SSSR count). The molecule has 0 unspecified atom stereocenters. The van der Waals surface area contributed by atoms with Gasteiger partial charge in [-0.05, 0) is 56.3 Å². The normalized spacial score (nSPS) is 43.1. The molecule has 0 aromatic carbocycles. The Morgan fingerprint density at radius 2 is 1.65 bits per heavy atom. The van der Waals surface area contributed by atoms with Crippen LogP contribution in [0.25, 0.3) is 0 Å². The summed E-state index contributed by atoms with van der Waals surface area (Å²) in [6, 6.07) is 0. The van der Waals surface area contributed by atoms with E-state index in [1.54, 1.807) is 0 Å². The Bertz CT molecular complexity index is 509. The van der Waals surface area contributed by atoms with Gasteiger partial charge in [0.05, 0.1) is 6.54 Å². The van der Waals surface area contributed by atoms with E-state index in [1.165, 1.54) is 19.3 Å². The third-order valence-corrected chi connectivity index (χ3v) is 7.00. The molecule has 0 spiro atoms. The maximum atomic E-state index is 12.4. The minimum absolute atomic E-state index is 0.126. The second kappa shape index (κ2) is 4.10. The van der Waals surface area contributed by atoms with E-state index in [-0.39, 0.29) is 18.7 Å². The lowest BCUT2D eigenvalue weighted by Crippen LogP contribution is -2.61. The molecule has 1 saturated heterocycles. The van der Waals surface area contributed by atoms with E-state index in [9.17, 15) is 13.2 Å². The number of carbonyl (C=O) groups is 1. The van der Waals surface area contributed by atoms with Crippen LogP contribution in [-0.2, 0) is 14.9 Å². The van der Waals surface area contributed by atoms with Crippen LogP contribution < -0.4 is 4.72 Å². The molecule has 1 N–H and O–H groups in total. The first-order chi connectivity index (χ1) is 9.46. The summed E-state index contributed by atoms with van der Waals surface area (Å²) >= 11 is 0. The fourth-order valence-corrected chi connectivity index (χ4v) is 6.63. The summed E-state index contributed by atoms with van der Waals surface area (Å²) < 4.78 is 33.3. The highest BCUT2D eigenvalue weighted by Crippen LogP contribution is 2.55. The average Bonchev–Trinajstić information content (AvgIpc) is 2.72. The van der Waals surface area contributed by atoms with E-state index < -0.39 is 16.3 Å². The molecule has 0 aromatic heterocycles. The van der Waals surface area contributed by atoms with E-state index in [4.69, 9.17) is 4.74 Å². The van der Waals surface area contributed by atoms with Crippen LogP contribution in [0.4, 0.5) is 4.79 Å². The van der Waals surface area contributed by atoms with Gasteiger partial charge in [-0.15, -0.1) is 0 Å². The predicted molar refractivity (Wildman–Crippen MR) is 71.0 cm³/mol. The molecule has 5 fully saturated rings. The van der Waals surface area contributed by atoms with E-state index in [0.717, 1.165) is 23.6 Å². The molecular weight excluding hydrogens is 280 g/mol. The molecule has 0 aromatic rings. The van der Waals surface area contributed by atoms with Crippen LogP contribution in [0.15, 0.2) is 0 Å². The largest absolute Gasteiger partial charge is 0.447 e. The van der Waals surface area contributed by atoms with Gasteiger partial charge in [0, 0.05) is 5.54 Å². The van der Waals surface area contributed by atoms with Gasteiger partial charge in [0.2, 0.25) is 0 Å². The van der Waals surface area contributed by atoms with Gasteiger partial charge >= 0.3 is 16.3 Å².